The van der Waals surface area contributed by atoms with Crippen LogP contribution in [0.4, 0.5) is 11.4 Å². The zero-order chi connectivity index (χ0) is 25.7. The number of nitrogens with one attached hydrogen (secondary N) is 1. The SMILES string of the molecule is CCOC(=O)c1ccc(N2C(=O)[C@H](CC(=O)Nc3ccccc3)N(CCc3sccc3C)C2=S)cc1. The number of thiophene rings is 1. The van der Waals surface area contributed by atoms with E-state index in [4.69, 9.17) is 17.0 Å². The van der Waals surface area contributed by atoms with E-state index >= 15 is 0 Å². The summed E-state index contributed by atoms with van der Waals surface area (Å²) in [5.74, 6) is -0.961. The molecule has 0 aliphatic carbocycles. The molecule has 1 atom stereocenters. The number of carbonyl (C=O) groups is 3. The maximum Gasteiger partial charge on any atom is 0.338 e. The first-order valence-corrected chi connectivity index (χ1v) is 13.0. The van der Waals surface area contributed by atoms with Gasteiger partial charge in [-0.05, 0) is 85.9 Å². The van der Waals surface area contributed by atoms with Crippen LogP contribution in [-0.2, 0) is 20.7 Å². The maximum absolute atomic E-state index is 13.6. The zero-order valence-electron chi connectivity index (χ0n) is 20.1. The largest absolute Gasteiger partial charge is 0.462 e. The molecule has 1 saturated heterocycles. The molecule has 0 radical (unpaired) electrons. The summed E-state index contributed by atoms with van der Waals surface area (Å²) in [4.78, 5) is 43.0. The van der Waals surface area contributed by atoms with Gasteiger partial charge in [0, 0.05) is 17.1 Å². The van der Waals surface area contributed by atoms with Crippen LogP contribution in [-0.4, -0.2) is 47.0 Å². The van der Waals surface area contributed by atoms with Crippen molar-refractivity contribution in [3.05, 3.63) is 82.0 Å². The number of hydrogen-bond donors (Lipinski definition) is 1. The van der Waals surface area contributed by atoms with Gasteiger partial charge in [0.2, 0.25) is 5.91 Å². The summed E-state index contributed by atoms with van der Waals surface area (Å²) >= 11 is 7.41. The highest BCUT2D eigenvalue weighted by Gasteiger charge is 2.44. The average Bonchev–Trinajstić information content (AvgIpc) is 3.38. The molecule has 1 aliphatic rings. The lowest BCUT2D eigenvalue weighted by molar-refractivity contribution is -0.124. The molecular formula is C27H27N3O4S2. The molecule has 2 amide bonds. The van der Waals surface area contributed by atoms with Crippen molar-refractivity contribution in [3.63, 3.8) is 0 Å². The molecule has 7 nitrogen and oxygen atoms in total. The Balaban J connectivity index is 1.56. The number of anilines is 2. The predicted molar refractivity (Wildman–Crippen MR) is 145 cm³/mol. The summed E-state index contributed by atoms with van der Waals surface area (Å²) in [5.41, 5.74) is 2.80. The molecule has 186 valence electrons. The van der Waals surface area contributed by atoms with Gasteiger partial charge in [-0.1, -0.05) is 18.2 Å². The van der Waals surface area contributed by atoms with E-state index < -0.39 is 12.0 Å². The van der Waals surface area contributed by atoms with E-state index in [2.05, 4.69) is 18.3 Å². The molecule has 4 rings (SSSR count). The van der Waals surface area contributed by atoms with Crippen molar-refractivity contribution in [1.29, 1.82) is 0 Å². The van der Waals surface area contributed by atoms with Gasteiger partial charge in [-0.2, -0.15) is 0 Å². The zero-order valence-corrected chi connectivity index (χ0v) is 21.7. The number of para-hydroxylation sites is 1. The Kier molecular flexibility index (Phi) is 8.12. The van der Waals surface area contributed by atoms with Crippen molar-refractivity contribution in [1.82, 2.24) is 4.90 Å². The van der Waals surface area contributed by atoms with Gasteiger partial charge in [0.15, 0.2) is 5.11 Å². The summed E-state index contributed by atoms with van der Waals surface area (Å²) in [6, 6.07) is 17.0. The van der Waals surface area contributed by atoms with Crippen LogP contribution < -0.4 is 10.2 Å². The summed E-state index contributed by atoms with van der Waals surface area (Å²) < 4.78 is 5.04. The standard InChI is InChI=1S/C27H27N3O4S2/c1-3-34-26(33)19-9-11-21(12-10-19)30-25(32)22(17-24(31)28-20-7-5-4-6-8-20)29(27(30)35)15-13-23-18(2)14-16-36-23/h4-12,14,16,22H,3,13,15,17H2,1-2H3,(H,28,31)/t22-/m0/s1. The highest BCUT2D eigenvalue weighted by atomic mass is 32.1. The van der Waals surface area contributed by atoms with E-state index in [9.17, 15) is 14.4 Å². The fourth-order valence-corrected chi connectivity index (χ4v) is 5.39. The predicted octanol–water partition coefficient (Wildman–Crippen LogP) is 4.81. The normalized spacial score (nSPS) is 15.3. The van der Waals surface area contributed by atoms with Crippen LogP contribution >= 0.6 is 23.6 Å². The average molecular weight is 522 g/mol. The van der Waals surface area contributed by atoms with Crippen molar-refractivity contribution in [2.24, 2.45) is 0 Å². The van der Waals surface area contributed by atoms with E-state index in [-0.39, 0.29) is 24.8 Å². The lowest BCUT2D eigenvalue weighted by atomic mass is 10.1. The van der Waals surface area contributed by atoms with Gasteiger partial charge in [-0.3, -0.25) is 14.5 Å². The van der Waals surface area contributed by atoms with Crippen molar-refractivity contribution in [3.8, 4) is 0 Å². The number of ether oxygens (including phenoxy) is 1. The number of hydrogen-bond acceptors (Lipinski definition) is 6. The quantitative estimate of drug-likeness (QED) is 0.322. The lowest BCUT2D eigenvalue weighted by Crippen LogP contribution is -2.39. The van der Waals surface area contributed by atoms with Gasteiger partial charge >= 0.3 is 5.97 Å². The second-order valence-electron chi connectivity index (χ2n) is 8.33. The molecule has 1 N–H and O–H groups in total. The third kappa shape index (κ3) is 5.63. The maximum atomic E-state index is 13.6. The number of thiocarbonyl (C=S) groups is 1. The van der Waals surface area contributed by atoms with E-state index in [1.807, 2.05) is 28.5 Å². The molecule has 0 saturated carbocycles. The van der Waals surface area contributed by atoms with Crippen LogP contribution in [0.15, 0.2) is 66.0 Å². The smallest absolute Gasteiger partial charge is 0.338 e. The molecule has 2 aromatic carbocycles. The number of aryl methyl sites for hydroxylation is 1. The number of rotatable bonds is 9. The first kappa shape index (κ1) is 25.5. The van der Waals surface area contributed by atoms with E-state index in [1.165, 1.54) is 15.3 Å². The molecule has 0 unspecified atom stereocenters. The molecule has 36 heavy (non-hydrogen) atoms. The summed E-state index contributed by atoms with van der Waals surface area (Å²) in [6.45, 7) is 4.59. The van der Waals surface area contributed by atoms with Crippen molar-refractivity contribution >= 4 is 57.8 Å². The van der Waals surface area contributed by atoms with Crippen LogP contribution in [0.1, 0.15) is 34.1 Å². The number of nitrogens with zero attached hydrogens (tertiary/aromatic N) is 2. The Bertz CT molecular complexity index is 1260. The second-order valence-corrected chi connectivity index (χ2v) is 9.69. The van der Waals surface area contributed by atoms with Crippen LogP contribution in [0.25, 0.3) is 0 Å². The minimum absolute atomic E-state index is 0.0330. The third-order valence-electron chi connectivity index (χ3n) is 5.94. The molecule has 1 fully saturated rings. The second kappa shape index (κ2) is 11.5. The fourth-order valence-electron chi connectivity index (χ4n) is 4.08. The first-order chi connectivity index (χ1) is 17.4. The van der Waals surface area contributed by atoms with E-state index in [1.54, 1.807) is 54.7 Å². The van der Waals surface area contributed by atoms with Crippen LogP contribution in [0, 0.1) is 6.92 Å². The van der Waals surface area contributed by atoms with Crippen molar-refractivity contribution in [2.75, 3.05) is 23.4 Å². The lowest BCUT2D eigenvalue weighted by Gasteiger charge is -2.24. The molecule has 0 bridgehead atoms. The van der Waals surface area contributed by atoms with Crippen LogP contribution in [0.2, 0.25) is 0 Å². The molecule has 1 aliphatic heterocycles. The Hall–Kier alpha value is -3.56. The van der Waals surface area contributed by atoms with Crippen LogP contribution in [0.5, 0.6) is 0 Å². The Morgan fingerprint density at radius 2 is 1.81 bits per heavy atom. The van der Waals surface area contributed by atoms with Crippen molar-refractivity contribution < 1.29 is 19.1 Å². The molecule has 9 heteroatoms. The number of carbonyl (C=O) groups excluding carboxylic acids is 3. The fraction of sp³-hybridized carbons (Fsp3) is 0.259. The highest BCUT2D eigenvalue weighted by Crippen LogP contribution is 2.29. The number of amides is 2. The molecule has 3 aromatic rings. The van der Waals surface area contributed by atoms with Crippen molar-refractivity contribution in [2.45, 2.75) is 32.7 Å². The van der Waals surface area contributed by atoms with Gasteiger partial charge in [-0.15, -0.1) is 11.3 Å². The summed E-state index contributed by atoms with van der Waals surface area (Å²) in [5, 5.41) is 5.25. The molecular weight excluding hydrogens is 494 g/mol. The first-order valence-electron chi connectivity index (χ1n) is 11.7. The number of benzene rings is 2. The van der Waals surface area contributed by atoms with Gasteiger partial charge in [0.05, 0.1) is 24.3 Å². The Morgan fingerprint density at radius 1 is 1.08 bits per heavy atom. The molecule has 1 aromatic heterocycles. The van der Waals surface area contributed by atoms with E-state index in [0.717, 1.165) is 0 Å². The van der Waals surface area contributed by atoms with Gasteiger partial charge in [0.1, 0.15) is 6.04 Å². The summed E-state index contributed by atoms with van der Waals surface area (Å²) in [7, 11) is 0. The Labute approximate surface area is 219 Å². The van der Waals surface area contributed by atoms with E-state index in [0.29, 0.717) is 35.0 Å². The Morgan fingerprint density at radius 3 is 2.44 bits per heavy atom. The third-order valence-corrected chi connectivity index (χ3v) is 7.44. The highest BCUT2D eigenvalue weighted by molar-refractivity contribution is 7.80. The van der Waals surface area contributed by atoms with Crippen LogP contribution in [0.3, 0.4) is 0 Å². The van der Waals surface area contributed by atoms with Gasteiger partial charge in [-0.25, -0.2) is 4.79 Å². The topological polar surface area (TPSA) is 78.9 Å². The summed E-state index contributed by atoms with van der Waals surface area (Å²) in [6.07, 6.45) is 0.679. The molecule has 0 spiro atoms. The monoisotopic (exact) mass is 521 g/mol. The minimum atomic E-state index is -0.730. The number of esters is 1. The van der Waals surface area contributed by atoms with Gasteiger partial charge < -0.3 is 15.0 Å². The molecule has 2 heterocycles. The van der Waals surface area contributed by atoms with Gasteiger partial charge in [0.25, 0.3) is 5.91 Å². The minimum Gasteiger partial charge on any atom is -0.462 e.